The predicted molar refractivity (Wildman–Crippen MR) is 108 cm³/mol. The second-order valence-electron chi connectivity index (χ2n) is 7.17. The number of guanidine groups is 1. The van der Waals surface area contributed by atoms with Gasteiger partial charge in [0, 0.05) is 65.9 Å². The molecule has 3 rings (SSSR count). The lowest BCUT2D eigenvalue weighted by atomic mass is 9.94. The summed E-state index contributed by atoms with van der Waals surface area (Å²) >= 11 is 0. The molecule has 2 N–H and O–H groups in total. The molecule has 0 aromatic heterocycles. The lowest BCUT2D eigenvalue weighted by Crippen LogP contribution is -2.52. The van der Waals surface area contributed by atoms with Crippen molar-refractivity contribution >= 4 is 11.6 Å². The minimum atomic E-state index is -0.172. The van der Waals surface area contributed by atoms with E-state index in [0.29, 0.717) is 6.04 Å². The Kier molecular flexibility index (Phi) is 6.79. The van der Waals surface area contributed by atoms with Gasteiger partial charge in [-0.25, -0.2) is 0 Å². The molecule has 0 radical (unpaired) electrons. The zero-order chi connectivity index (χ0) is 19.1. The number of methoxy groups -OCH3 is 2. The molecule has 2 aliphatic rings. The second kappa shape index (κ2) is 9.28. The highest BCUT2D eigenvalue weighted by Crippen LogP contribution is 2.30. The van der Waals surface area contributed by atoms with E-state index >= 15 is 0 Å². The van der Waals surface area contributed by atoms with Gasteiger partial charge in [-0.15, -0.1) is 0 Å². The number of nitrogens with zero attached hydrogens (tertiary/aromatic N) is 2. The van der Waals surface area contributed by atoms with Gasteiger partial charge in [0.25, 0.3) is 0 Å². The summed E-state index contributed by atoms with van der Waals surface area (Å²) in [7, 11) is 5.31. The van der Waals surface area contributed by atoms with Gasteiger partial charge in [-0.2, -0.15) is 0 Å². The van der Waals surface area contributed by atoms with Crippen LogP contribution in [0.15, 0.2) is 29.3 Å². The highest BCUT2D eigenvalue weighted by Gasteiger charge is 2.33. The van der Waals surface area contributed by atoms with Gasteiger partial charge in [0.1, 0.15) is 5.75 Å². The third-order valence-corrected chi connectivity index (χ3v) is 5.59. The summed E-state index contributed by atoms with van der Waals surface area (Å²) in [5.41, 5.74) is 0.974. The fraction of sp³-hybridized carbons (Fsp3) is 0.650. The third kappa shape index (κ3) is 4.84. The first-order chi connectivity index (χ1) is 13.2. The topological polar surface area (TPSA) is 67.4 Å². The summed E-state index contributed by atoms with van der Waals surface area (Å²) in [4.78, 5) is 6.76. The molecule has 2 fully saturated rings. The average molecular weight is 377 g/mol. The Hall–Kier alpha value is -1.99. The number of rotatable bonds is 6. The van der Waals surface area contributed by atoms with Crippen molar-refractivity contribution in [2.45, 2.75) is 30.9 Å². The number of hydrogen-bond acceptors (Lipinski definition) is 5. The predicted octanol–water partition coefficient (Wildman–Crippen LogP) is 1.63. The van der Waals surface area contributed by atoms with Gasteiger partial charge in [-0.3, -0.25) is 4.99 Å². The van der Waals surface area contributed by atoms with Crippen molar-refractivity contribution in [3.63, 3.8) is 0 Å². The number of anilines is 1. The maximum Gasteiger partial charge on any atom is 0.191 e. The maximum absolute atomic E-state index is 5.80. The van der Waals surface area contributed by atoms with Crippen LogP contribution in [-0.2, 0) is 9.47 Å². The third-order valence-electron chi connectivity index (χ3n) is 5.59. The van der Waals surface area contributed by atoms with Gasteiger partial charge in [0.2, 0.25) is 0 Å². The van der Waals surface area contributed by atoms with Gasteiger partial charge in [0.15, 0.2) is 5.96 Å². The molecular formula is C20H32N4O3. The second-order valence-corrected chi connectivity index (χ2v) is 7.17. The molecule has 7 nitrogen and oxygen atoms in total. The van der Waals surface area contributed by atoms with Crippen LogP contribution >= 0.6 is 0 Å². The molecule has 0 aliphatic carbocycles. The lowest BCUT2D eigenvalue weighted by molar-refractivity contribution is -0.0855. The Balaban J connectivity index is 1.53. The van der Waals surface area contributed by atoms with Crippen molar-refractivity contribution in [3.05, 3.63) is 24.3 Å². The summed E-state index contributed by atoms with van der Waals surface area (Å²) in [6, 6.07) is 8.52. The number of aliphatic imine (C=N–C) groups is 1. The summed E-state index contributed by atoms with van der Waals surface area (Å²) < 4.78 is 16.8. The smallest absolute Gasteiger partial charge is 0.191 e. The Morgan fingerprint density at radius 2 is 2.07 bits per heavy atom. The van der Waals surface area contributed by atoms with Crippen molar-refractivity contribution in [1.29, 1.82) is 0 Å². The van der Waals surface area contributed by atoms with E-state index in [1.807, 2.05) is 19.2 Å². The van der Waals surface area contributed by atoms with Gasteiger partial charge in [-0.1, -0.05) is 12.1 Å². The average Bonchev–Trinajstić information content (AvgIpc) is 3.20. The maximum atomic E-state index is 5.80. The first-order valence-corrected chi connectivity index (χ1v) is 9.68. The lowest BCUT2D eigenvalue weighted by Gasteiger charge is -2.36. The SMILES string of the molecule is CN=C(NCC1(OC)CCOCC1)NC1CCN(c2ccccc2OC)C1. The number of benzene rings is 1. The van der Waals surface area contributed by atoms with Crippen LogP contribution in [0.3, 0.4) is 0 Å². The van der Waals surface area contributed by atoms with E-state index in [9.17, 15) is 0 Å². The van der Waals surface area contributed by atoms with E-state index in [0.717, 1.165) is 69.5 Å². The molecule has 1 unspecified atom stereocenters. The fourth-order valence-electron chi connectivity index (χ4n) is 3.82. The zero-order valence-electron chi connectivity index (χ0n) is 16.7. The molecule has 2 aliphatic heterocycles. The number of ether oxygens (including phenoxy) is 3. The molecule has 0 saturated carbocycles. The van der Waals surface area contributed by atoms with E-state index in [1.54, 1.807) is 14.2 Å². The standard InChI is InChI=1S/C20H32N4O3/c1-21-19(22-15-20(26-3)9-12-27-13-10-20)23-16-8-11-24(14-16)17-6-4-5-7-18(17)25-2/h4-7,16H,8-15H2,1-3H3,(H2,21,22,23). The van der Waals surface area contributed by atoms with Crippen LogP contribution in [0.5, 0.6) is 5.75 Å². The van der Waals surface area contributed by atoms with Crippen LogP contribution in [0.2, 0.25) is 0 Å². The van der Waals surface area contributed by atoms with Crippen molar-refractivity contribution in [3.8, 4) is 5.75 Å². The monoisotopic (exact) mass is 376 g/mol. The highest BCUT2D eigenvalue weighted by atomic mass is 16.5. The Morgan fingerprint density at radius 1 is 1.30 bits per heavy atom. The minimum absolute atomic E-state index is 0.172. The zero-order valence-corrected chi connectivity index (χ0v) is 16.7. The minimum Gasteiger partial charge on any atom is -0.495 e. The van der Waals surface area contributed by atoms with E-state index in [4.69, 9.17) is 14.2 Å². The van der Waals surface area contributed by atoms with Gasteiger partial charge in [0.05, 0.1) is 18.4 Å². The van der Waals surface area contributed by atoms with Crippen molar-refractivity contribution in [1.82, 2.24) is 10.6 Å². The molecule has 0 bridgehead atoms. The molecule has 1 aromatic carbocycles. The molecule has 1 atom stereocenters. The van der Waals surface area contributed by atoms with E-state index < -0.39 is 0 Å². The van der Waals surface area contributed by atoms with Crippen LogP contribution in [0.25, 0.3) is 0 Å². The Bertz CT molecular complexity index is 631. The van der Waals surface area contributed by atoms with Crippen molar-refractivity contribution < 1.29 is 14.2 Å². The van der Waals surface area contributed by atoms with Crippen LogP contribution in [0, 0.1) is 0 Å². The quantitative estimate of drug-likeness (QED) is 0.581. The highest BCUT2D eigenvalue weighted by molar-refractivity contribution is 5.80. The first kappa shape index (κ1) is 19.8. The first-order valence-electron chi connectivity index (χ1n) is 9.68. The largest absolute Gasteiger partial charge is 0.495 e. The van der Waals surface area contributed by atoms with Gasteiger partial charge >= 0.3 is 0 Å². The number of nitrogens with one attached hydrogen (secondary N) is 2. The molecule has 0 spiro atoms. The van der Waals surface area contributed by atoms with Crippen molar-refractivity contribution in [2.24, 2.45) is 4.99 Å². The van der Waals surface area contributed by atoms with Crippen LogP contribution in [0.4, 0.5) is 5.69 Å². The van der Waals surface area contributed by atoms with Crippen molar-refractivity contribution in [2.75, 3.05) is 59.0 Å². The molecule has 1 aromatic rings. The molecule has 0 amide bonds. The van der Waals surface area contributed by atoms with Gasteiger partial charge in [-0.05, 0) is 18.6 Å². The van der Waals surface area contributed by atoms with Crippen LogP contribution in [-0.4, -0.2) is 71.7 Å². The molecule has 2 heterocycles. The fourth-order valence-corrected chi connectivity index (χ4v) is 3.82. The molecule has 150 valence electrons. The number of para-hydroxylation sites is 2. The normalized spacial score (nSPS) is 22.6. The van der Waals surface area contributed by atoms with E-state index in [2.05, 4.69) is 32.7 Å². The summed E-state index contributed by atoms with van der Waals surface area (Å²) in [6.45, 7) is 4.14. The Morgan fingerprint density at radius 3 is 2.78 bits per heavy atom. The molecule has 27 heavy (non-hydrogen) atoms. The van der Waals surface area contributed by atoms with Crippen LogP contribution < -0.4 is 20.3 Å². The summed E-state index contributed by atoms with van der Waals surface area (Å²) in [5, 5.41) is 7.00. The number of hydrogen-bond donors (Lipinski definition) is 2. The molecule has 7 heteroatoms. The van der Waals surface area contributed by atoms with E-state index in [1.165, 1.54) is 0 Å². The van der Waals surface area contributed by atoms with Gasteiger partial charge < -0.3 is 29.7 Å². The van der Waals surface area contributed by atoms with E-state index in [-0.39, 0.29) is 5.60 Å². The summed E-state index contributed by atoms with van der Waals surface area (Å²) in [6.07, 6.45) is 2.86. The molecular weight excluding hydrogens is 344 g/mol. The van der Waals surface area contributed by atoms with Crippen LogP contribution in [0.1, 0.15) is 19.3 Å². The summed E-state index contributed by atoms with van der Waals surface area (Å²) in [5.74, 6) is 1.74. The Labute approximate surface area is 162 Å². The molecule has 2 saturated heterocycles.